The second-order valence-electron chi connectivity index (χ2n) is 6.71. The summed E-state index contributed by atoms with van der Waals surface area (Å²) >= 11 is 0. The highest BCUT2D eigenvalue weighted by atomic mass is 32.2. The van der Waals surface area contributed by atoms with Crippen LogP contribution in [0.25, 0.3) is 0 Å². The minimum atomic E-state index is -2.99. The first kappa shape index (κ1) is 18.0. The van der Waals surface area contributed by atoms with Gasteiger partial charge in [-0.3, -0.25) is 0 Å². The standard InChI is InChI=1S/C17H25N3O4S/c1-19-8-6-16(7-9-19)24-15-4-2-14(3-5-15)18-17(21)20-10-12-25(22,23)13-11-20/h2-5,16H,6-13H2,1H3,(H,18,21). The van der Waals surface area contributed by atoms with Crippen LogP contribution in [-0.4, -0.2) is 75.1 Å². The van der Waals surface area contributed by atoms with Crippen LogP contribution in [0.2, 0.25) is 0 Å². The summed E-state index contributed by atoms with van der Waals surface area (Å²) in [6.45, 7) is 2.58. The predicted molar refractivity (Wildman–Crippen MR) is 96.8 cm³/mol. The zero-order chi connectivity index (χ0) is 17.9. The van der Waals surface area contributed by atoms with Gasteiger partial charge in [0.15, 0.2) is 9.84 Å². The molecule has 0 aromatic heterocycles. The highest BCUT2D eigenvalue weighted by Gasteiger charge is 2.25. The number of rotatable bonds is 3. The first-order valence-corrected chi connectivity index (χ1v) is 10.4. The van der Waals surface area contributed by atoms with Crippen LogP contribution in [0.5, 0.6) is 5.75 Å². The molecule has 8 heteroatoms. The number of ether oxygens (including phenoxy) is 1. The molecule has 0 atom stereocenters. The van der Waals surface area contributed by atoms with Crippen LogP contribution in [0, 0.1) is 0 Å². The second-order valence-corrected chi connectivity index (χ2v) is 9.02. The maximum atomic E-state index is 12.2. The van der Waals surface area contributed by atoms with Crippen molar-refractivity contribution in [3.8, 4) is 5.75 Å². The van der Waals surface area contributed by atoms with E-state index < -0.39 is 9.84 Å². The van der Waals surface area contributed by atoms with Crippen molar-refractivity contribution in [2.45, 2.75) is 18.9 Å². The molecule has 25 heavy (non-hydrogen) atoms. The van der Waals surface area contributed by atoms with Gasteiger partial charge in [0, 0.05) is 31.9 Å². The van der Waals surface area contributed by atoms with Gasteiger partial charge in [-0.25, -0.2) is 13.2 Å². The Bertz CT molecular complexity index is 683. The van der Waals surface area contributed by atoms with Crippen molar-refractivity contribution in [3.63, 3.8) is 0 Å². The third-order valence-corrected chi connectivity index (χ3v) is 6.31. The smallest absolute Gasteiger partial charge is 0.321 e. The van der Waals surface area contributed by atoms with Gasteiger partial charge in [0.2, 0.25) is 0 Å². The van der Waals surface area contributed by atoms with Crippen molar-refractivity contribution in [1.29, 1.82) is 0 Å². The molecule has 2 heterocycles. The molecule has 2 aliphatic heterocycles. The third-order valence-electron chi connectivity index (χ3n) is 4.71. The molecule has 1 aromatic rings. The summed E-state index contributed by atoms with van der Waals surface area (Å²) in [5.74, 6) is 0.865. The van der Waals surface area contributed by atoms with E-state index >= 15 is 0 Å². The molecule has 0 radical (unpaired) electrons. The predicted octanol–water partition coefficient (Wildman–Crippen LogP) is 1.42. The fourth-order valence-electron chi connectivity index (χ4n) is 3.03. The lowest BCUT2D eigenvalue weighted by molar-refractivity contribution is 0.114. The van der Waals surface area contributed by atoms with Crippen LogP contribution in [0.15, 0.2) is 24.3 Å². The lowest BCUT2D eigenvalue weighted by atomic mass is 10.1. The molecule has 0 bridgehead atoms. The summed E-state index contributed by atoms with van der Waals surface area (Å²) in [5.41, 5.74) is 0.675. The summed E-state index contributed by atoms with van der Waals surface area (Å²) in [6, 6.07) is 7.06. The van der Waals surface area contributed by atoms with E-state index in [1.54, 1.807) is 0 Å². The van der Waals surface area contributed by atoms with Gasteiger partial charge in [-0.15, -0.1) is 0 Å². The lowest BCUT2D eigenvalue weighted by Gasteiger charge is -2.29. The number of anilines is 1. The molecule has 1 aromatic carbocycles. The average molecular weight is 367 g/mol. The van der Waals surface area contributed by atoms with E-state index in [1.807, 2.05) is 24.3 Å². The highest BCUT2D eigenvalue weighted by molar-refractivity contribution is 7.91. The van der Waals surface area contributed by atoms with Gasteiger partial charge in [-0.2, -0.15) is 0 Å². The molecular formula is C17H25N3O4S. The summed E-state index contributed by atoms with van der Waals surface area (Å²) in [5, 5.41) is 2.81. The molecule has 3 rings (SSSR count). The molecule has 138 valence electrons. The summed E-state index contributed by atoms with van der Waals surface area (Å²) in [7, 11) is -0.870. The number of hydrogen-bond acceptors (Lipinski definition) is 5. The summed E-state index contributed by atoms with van der Waals surface area (Å²) in [6.07, 6.45) is 2.28. The third kappa shape index (κ3) is 5.09. The number of nitrogens with one attached hydrogen (secondary N) is 1. The zero-order valence-corrected chi connectivity index (χ0v) is 15.3. The number of nitrogens with zero attached hydrogens (tertiary/aromatic N) is 2. The maximum Gasteiger partial charge on any atom is 0.321 e. The van der Waals surface area contributed by atoms with Gasteiger partial charge in [-0.1, -0.05) is 0 Å². The van der Waals surface area contributed by atoms with E-state index in [0.29, 0.717) is 5.69 Å². The van der Waals surface area contributed by atoms with Crippen LogP contribution >= 0.6 is 0 Å². The van der Waals surface area contributed by atoms with Gasteiger partial charge in [0.25, 0.3) is 0 Å². The summed E-state index contributed by atoms with van der Waals surface area (Å²) < 4.78 is 28.8. The number of hydrogen-bond donors (Lipinski definition) is 1. The molecular weight excluding hydrogens is 342 g/mol. The van der Waals surface area contributed by atoms with Crippen molar-refractivity contribution < 1.29 is 17.9 Å². The SMILES string of the molecule is CN1CCC(Oc2ccc(NC(=O)N3CCS(=O)(=O)CC3)cc2)CC1. The Morgan fingerprint density at radius 1 is 1.08 bits per heavy atom. The van der Waals surface area contributed by atoms with Crippen molar-refractivity contribution >= 4 is 21.6 Å². The van der Waals surface area contributed by atoms with Crippen LogP contribution < -0.4 is 10.1 Å². The molecule has 1 N–H and O–H groups in total. The molecule has 0 aliphatic carbocycles. The van der Waals surface area contributed by atoms with Gasteiger partial charge >= 0.3 is 6.03 Å². The van der Waals surface area contributed by atoms with E-state index in [-0.39, 0.29) is 36.7 Å². The van der Waals surface area contributed by atoms with Gasteiger partial charge in [0.05, 0.1) is 11.5 Å². The van der Waals surface area contributed by atoms with Gasteiger partial charge < -0.3 is 19.9 Å². The molecule has 0 saturated carbocycles. The number of benzene rings is 1. The lowest BCUT2D eigenvalue weighted by Crippen LogP contribution is -2.45. The Kier molecular flexibility index (Phi) is 5.48. The maximum absolute atomic E-state index is 12.2. The van der Waals surface area contributed by atoms with Gasteiger partial charge in [0.1, 0.15) is 11.9 Å². The Balaban J connectivity index is 1.50. The number of piperidine rings is 1. The quantitative estimate of drug-likeness (QED) is 0.874. The van der Waals surface area contributed by atoms with Crippen molar-refractivity contribution in [2.75, 3.05) is 50.0 Å². The van der Waals surface area contributed by atoms with Crippen molar-refractivity contribution in [3.05, 3.63) is 24.3 Å². The molecule has 2 saturated heterocycles. The highest BCUT2D eigenvalue weighted by Crippen LogP contribution is 2.21. The number of carbonyl (C=O) groups excluding carboxylic acids is 1. The average Bonchev–Trinajstić information content (AvgIpc) is 2.58. The minimum absolute atomic E-state index is 0.0315. The van der Waals surface area contributed by atoms with E-state index in [4.69, 9.17) is 4.74 Å². The van der Waals surface area contributed by atoms with Crippen LogP contribution in [0.4, 0.5) is 10.5 Å². The Morgan fingerprint density at radius 3 is 2.28 bits per heavy atom. The van der Waals surface area contributed by atoms with E-state index in [9.17, 15) is 13.2 Å². The normalized spacial score (nSPS) is 21.7. The number of urea groups is 1. The molecule has 0 unspecified atom stereocenters. The van der Waals surface area contributed by atoms with E-state index in [2.05, 4.69) is 17.3 Å². The van der Waals surface area contributed by atoms with E-state index in [0.717, 1.165) is 31.7 Å². The Morgan fingerprint density at radius 2 is 1.68 bits per heavy atom. The monoisotopic (exact) mass is 367 g/mol. The fourth-order valence-corrected chi connectivity index (χ4v) is 4.23. The van der Waals surface area contributed by atoms with Gasteiger partial charge in [-0.05, 0) is 44.2 Å². The van der Waals surface area contributed by atoms with Crippen molar-refractivity contribution in [2.24, 2.45) is 0 Å². The van der Waals surface area contributed by atoms with Crippen LogP contribution in [-0.2, 0) is 9.84 Å². The summed E-state index contributed by atoms with van der Waals surface area (Å²) in [4.78, 5) is 16.0. The molecule has 7 nitrogen and oxygen atoms in total. The fraction of sp³-hybridized carbons (Fsp3) is 0.588. The molecule has 2 aliphatic rings. The minimum Gasteiger partial charge on any atom is -0.490 e. The second kappa shape index (κ2) is 7.61. The molecule has 2 fully saturated rings. The Labute approximate surface area is 148 Å². The van der Waals surface area contributed by atoms with E-state index in [1.165, 1.54) is 4.90 Å². The van der Waals surface area contributed by atoms with Crippen LogP contribution in [0.3, 0.4) is 0 Å². The zero-order valence-electron chi connectivity index (χ0n) is 14.5. The molecule has 2 amide bonds. The first-order valence-electron chi connectivity index (χ1n) is 8.63. The first-order chi connectivity index (χ1) is 11.9. The number of carbonyl (C=O) groups is 1. The van der Waals surface area contributed by atoms with Crippen LogP contribution in [0.1, 0.15) is 12.8 Å². The topological polar surface area (TPSA) is 79.0 Å². The Hall–Kier alpha value is -1.80. The number of sulfone groups is 1. The number of amides is 2. The largest absolute Gasteiger partial charge is 0.490 e. The molecule has 0 spiro atoms. The number of likely N-dealkylation sites (tertiary alicyclic amines) is 1. The van der Waals surface area contributed by atoms with Crippen molar-refractivity contribution in [1.82, 2.24) is 9.80 Å².